The van der Waals surface area contributed by atoms with E-state index < -0.39 is 12.4 Å². The van der Waals surface area contributed by atoms with E-state index in [1.54, 1.807) is 0 Å². The fraction of sp³-hybridized carbons (Fsp3) is 0.143. The SMILES string of the molecule is Cn1nnc2cccc([B-](F)(F)F)c21.[K+]. The van der Waals surface area contributed by atoms with Gasteiger partial charge < -0.3 is 12.9 Å². The molecule has 1 heterocycles. The molecule has 0 aliphatic heterocycles. The van der Waals surface area contributed by atoms with E-state index in [9.17, 15) is 12.9 Å². The number of halogens is 3. The molecule has 0 fully saturated rings. The molecule has 0 radical (unpaired) electrons. The number of fused-ring (bicyclic) bond motifs is 1. The van der Waals surface area contributed by atoms with Gasteiger partial charge in [0.15, 0.2) is 0 Å². The molecule has 2 aromatic rings. The third-order valence-corrected chi connectivity index (χ3v) is 2.01. The Morgan fingerprint density at radius 1 is 1.27 bits per heavy atom. The molecular weight excluding hydrogens is 233 g/mol. The second kappa shape index (κ2) is 4.54. The molecule has 0 unspecified atom stereocenters. The van der Waals surface area contributed by atoms with Crippen LogP contribution in [-0.4, -0.2) is 22.0 Å². The van der Waals surface area contributed by atoms with Gasteiger partial charge in [0.2, 0.25) is 0 Å². The predicted octanol–water partition coefficient (Wildman–Crippen LogP) is -1.97. The van der Waals surface area contributed by atoms with Crippen molar-refractivity contribution < 1.29 is 64.3 Å². The topological polar surface area (TPSA) is 30.7 Å². The summed E-state index contributed by atoms with van der Waals surface area (Å²) in [5, 5.41) is 7.16. The number of aromatic nitrogens is 3. The Morgan fingerprint density at radius 2 is 1.93 bits per heavy atom. The van der Waals surface area contributed by atoms with Gasteiger partial charge in [0.05, 0.1) is 5.52 Å². The van der Waals surface area contributed by atoms with Crippen molar-refractivity contribution in [2.24, 2.45) is 7.05 Å². The molecule has 0 atom stereocenters. The second-order valence-electron chi connectivity index (χ2n) is 3.00. The van der Waals surface area contributed by atoms with Crippen LogP contribution in [0, 0.1) is 0 Å². The van der Waals surface area contributed by atoms with Crippen molar-refractivity contribution in [2.45, 2.75) is 0 Å². The van der Waals surface area contributed by atoms with Gasteiger partial charge in [-0.2, -0.15) is 0 Å². The van der Waals surface area contributed by atoms with Crippen molar-refractivity contribution in [3.05, 3.63) is 18.2 Å². The number of nitrogens with zero attached hydrogens (tertiary/aromatic N) is 3. The molecule has 1 aromatic heterocycles. The van der Waals surface area contributed by atoms with Crippen LogP contribution in [0.2, 0.25) is 0 Å². The van der Waals surface area contributed by atoms with Crippen LogP contribution in [0.25, 0.3) is 11.0 Å². The standard InChI is InChI=1S/C7H6BF3N3.K/c1-14-7-5(8(9,10)11)3-2-4-6(7)12-13-14;/h2-4H,1H3;/q-1;+1. The predicted molar refractivity (Wildman–Crippen MR) is 47.2 cm³/mol. The largest absolute Gasteiger partial charge is 1.00 e. The first-order valence-electron chi connectivity index (χ1n) is 3.98. The summed E-state index contributed by atoms with van der Waals surface area (Å²) in [5.41, 5.74) is -0.334. The van der Waals surface area contributed by atoms with Gasteiger partial charge in [-0.3, -0.25) is 4.68 Å². The Bertz CT molecular complexity index is 482. The fourth-order valence-electron chi connectivity index (χ4n) is 1.41. The van der Waals surface area contributed by atoms with Gasteiger partial charge in [0, 0.05) is 7.05 Å². The number of aryl methyl sites for hydroxylation is 1. The maximum absolute atomic E-state index is 12.6. The zero-order valence-corrected chi connectivity index (χ0v) is 11.4. The maximum Gasteiger partial charge on any atom is 1.00 e. The average Bonchev–Trinajstić information content (AvgIpc) is 2.46. The first-order chi connectivity index (χ1) is 6.50. The molecule has 8 heteroatoms. The summed E-state index contributed by atoms with van der Waals surface area (Å²) < 4.78 is 38.8. The zero-order chi connectivity index (χ0) is 10.3. The number of rotatable bonds is 1. The molecule has 0 spiro atoms. The Labute approximate surface area is 126 Å². The first kappa shape index (κ1) is 13.2. The normalized spacial score (nSPS) is 11.5. The second-order valence-corrected chi connectivity index (χ2v) is 3.00. The van der Waals surface area contributed by atoms with Crippen molar-refractivity contribution in [2.75, 3.05) is 0 Å². The Morgan fingerprint density at radius 3 is 2.53 bits per heavy atom. The molecule has 1 aromatic carbocycles. The number of hydrogen-bond donors (Lipinski definition) is 0. The maximum atomic E-state index is 12.6. The number of hydrogen-bond acceptors (Lipinski definition) is 2. The van der Waals surface area contributed by atoms with Gasteiger partial charge in [-0.15, -0.1) is 5.10 Å². The molecule has 15 heavy (non-hydrogen) atoms. The minimum Gasteiger partial charge on any atom is -0.445 e. The molecule has 2 rings (SSSR count). The molecule has 0 saturated carbocycles. The average molecular weight is 239 g/mol. The summed E-state index contributed by atoms with van der Waals surface area (Å²) in [6.07, 6.45) is 0. The van der Waals surface area contributed by atoms with E-state index in [0.717, 1.165) is 10.7 Å². The Kier molecular flexibility index (Phi) is 3.99. The third-order valence-electron chi connectivity index (χ3n) is 2.01. The van der Waals surface area contributed by atoms with Crippen LogP contribution < -0.4 is 56.8 Å². The van der Waals surface area contributed by atoms with Gasteiger partial charge in [-0.05, 0) is 6.07 Å². The van der Waals surface area contributed by atoms with E-state index in [1.807, 2.05) is 0 Å². The van der Waals surface area contributed by atoms with E-state index in [0.29, 0.717) is 0 Å². The van der Waals surface area contributed by atoms with Crippen LogP contribution in [0.5, 0.6) is 0 Å². The smallest absolute Gasteiger partial charge is 0.445 e. The van der Waals surface area contributed by atoms with Crippen molar-refractivity contribution in [1.82, 2.24) is 15.0 Å². The summed E-state index contributed by atoms with van der Waals surface area (Å²) >= 11 is 0. The zero-order valence-electron chi connectivity index (χ0n) is 8.28. The summed E-state index contributed by atoms with van der Waals surface area (Å²) in [5.74, 6) is 0. The first-order valence-corrected chi connectivity index (χ1v) is 3.98. The van der Waals surface area contributed by atoms with Crippen molar-refractivity contribution in [3.63, 3.8) is 0 Å². The van der Waals surface area contributed by atoms with E-state index in [-0.39, 0.29) is 62.4 Å². The quantitative estimate of drug-likeness (QED) is 0.540. The van der Waals surface area contributed by atoms with Crippen LogP contribution in [0.4, 0.5) is 12.9 Å². The summed E-state index contributed by atoms with van der Waals surface area (Å²) in [7, 11) is 1.45. The monoisotopic (exact) mass is 239 g/mol. The van der Waals surface area contributed by atoms with E-state index >= 15 is 0 Å². The van der Waals surface area contributed by atoms with Crippen molar-refractivity contribution in [3.8, 4) is 0 Å². The summed E-state index contributed by atoms with van der Waals surface area (Å²) in [6.45, 7) is -5.01. The van der Waals surface area contributed by atoms with Crippen molar-refractivity contribution >= 4 is 23.5 Å². The third kappa shape index (κ3) is 2.44. The number of para-hydroxylation sites is 1. The van der Waals surface area contributed by atoms with Crippen LogP contribution in [-0.2, 0) is 7.05 Å². The molecule has 74 valence electrons. The molecule has 0 N–H and O–H groups in total. The molecule has 0 aliphatic carbocycles. The molecule has 0 bridgehead atoms. The Hall–Kier alpha value is 0.111. The van der Waals surface area contributed by atoms with E-state index in [2.05, 4.69) is 10.3 Å². The van der Waals surface area contributed by atoms with Crippen molar-refractivity contribution in [1.29, 1.82) is 0 Å². The van der Waals surface area contributed by atoms with Gasteiger partial charge >= 0.3 is 58.4 Å². The summed E-state index contributed by atoms with van der Waals surface area (Å²) in [4.78, 5) is 0. The fourth-order valence-corrected chi connectivity index (χ4v) is 1.41. The van der Waals surface area contributed by atoms with Gasteiger partial charge in [0.1, 0.15) is 5.52 Å². The molecule has 0 saturated heterocycles. The molecule has 3 nitrogen and oxygen atoms in total. The van der Waals surface area contributed by atoms with Crippen LogP contribution >= 0.6 is 0 Å². The van der Waals surface area contributed by atoms with E-state index in [4.69, 9.17) is 0 Å². The molecule has 0 aliphatic rings. The summed E-state index contributed by atoms with van der Waals surface area (Å²) in [6, 6.07) is 3.89. The van der Waals surface area contributed by atoms with Crippen LogP contribution in [0.1, 0.15) is 0 Å². The Balaban J connectivity index is 0.00000112. The van der Waals surface area contributed by atoms with Gasteiger partial charge in [-0.1, -0.05) is 22.8 Å². The molecule has 0 amide bonds. The van der Waals surface area contributed by atoms with E-state index in [1.165, 1.54) is 19.2 Å². The van der Waals surface area contributed by atoms with Gasteiger partial charge in [0.25, 0.3) is 0 Å². The number of benzene rings is 1. The van der Waals surface area contributed by atoms with Crippen LogP contribution in [0.15, 0.2) is 18.2 Å². The minimum atomic E-state index is -5.01. The van der Waals surface area contributed by atoms with Gasteiger partial charge in [-0.25, -0.2) is 0 Å². The van der Waals surface area contributed by atoms with Crippen LogP contribution in [0.3, 0.4) is 0 Å². The molecular formula is C7H6BF3KN3. The minimum absolute atomic E-state index is 0.